The molecule has 0 atom stereocenters. The van der Waals surface area contributed by atoms with Crippen molar-refractivity contribution >= 4 is 51.5 Å². The second-order valence-corrected chi connectivity index (χ2v) is 6.69. The van der Waals surface area contributed by atoms with Crippen LogP contribution < -0.4 is 5.32 Å². The molecular formula is C13H12ClIN4O3. The largest absolute Gasteiger partial charge is 0.324 e. The SMILES string of the molecule is CC(C)(C(=O)Nc1ccc([N+](=O)[O-])c(Cl)c1)n1cc(I)cn1. The Kier molecular flexibility index (Phi) is 4.71. The van der Waals surface area contributed by atoms with Gasteiger partial charge in [-0.1, -0.05) is 11.6 Å². The second kappa shape index (κ2) is 6.21. The van der Waals surface area contributed by atoms with Crippen LogP contribution in [0, 0.1) is 13.7 Å². The standard InChI is InChI=1S/C13H12ClIN4O3/c1-13(2,18-7-8(15)6-16-18)12(20)17-9-3-4-11(19(21)22)10(14)5-9/h3-7H,1-2H3,(H,17,20). The molecule has 0 fully saturated rings. The molecule has 0 saturated heterocycles. The summed E-state index contributed by atoms with van der Waals surface area (Å²) in [5.74, 6) is -0.308. The molecule has 1 heterocycles. The Morgan fingerprint density at radius 2 is 2.18 bits per heavy atom. The first kappa shape index (κ1) is 16.7. The topological polar surface area (TPSA) is 90.1 Å². The summed E-state index contributed by atoms with van der Waals surface area (Å²) in [5.41, 5.74) is -0.742. The van der Waals surface area contributed by atoms with Crippen LogP contribution in [0.25, 0.3) is 0 Å². The fourth-order valence-corrected chi connectivity index (χ4v) is 2.37. The first-order valence-electron chi connectivity index (χ1n) is 6.18. The molecule has 2 rings (SSSR count). The van der Waals surface area contributed by atoms with E-state index in [1.165, 1.54) is 18.2 Å². The van der Waals surface area contributed by atoms with Crippen molar-refractivity contribution in [3.8, 4) is 0 Å². The van der Waals surface area contributed by atoms with Crippen LogP contribution >= 0.6 is 34.2 Å². The van der Waals surface area contributed by atoms with E-state index in [1.54, 1.807) is 30.9 Å². The van der Waals surface area contributed by atoms with E-state index in [1.807, 2.05) is 0 Å². The predicted octanol–water partition coefficient (Wildman–Crippen LogP) is 3.42. The Hall–Kier alpha value is -1.68. The molecule has 1 aromatic heterocycles. The lowest BCUT2D eigenvalue weighted by Gasteiger charge is -2.24. The monoisotopic (exact) mass is 434 g/mol. The quantitative estimate of drug-likeness (QED) is 0.453. The maximum atomic E-state index is 12.4. The Bertz CT molecular complexity index is 745. The van der Waals surface area contributed by atoms with Crippen LogP contribution in [0.15, 0.2) is 30.6 Å². The number of amides is 1. The highest BCUT2D eigenvalue weighted by atomic mass is 127. The van der Waals surface area contributed by atoms with Crippen molar-refractivity contribution in [1.29, 1.82) is 0 Å². The lowest BCUT2D eigenvalue weighted by Crippen LogP contribution is -2.40. The van der Waals surface area contributed by atoms with Gasteiger partial charge >= 0.3 is 0 Å². The highest BCUT2D eigenvalue weighted by molar-refractivity contribution is 14.1. The van der Waals surface area contributed by atoms with Gasteiger partial charge in [-0.05, 0) is 48.6 Å². The van der Waals surface area contributed by atoms with E-state index in [-0.39, 0.29) is 16.6 Å². The normalized spacial score (nSPS) is 11.3. The van der Waals surface area contributed by atoms with Gasteiger partial charge in [-0.25, -0.2) is 0 Å². The molecule has 0 bridgehead atoms. The van der Waals surface area contributed by atoms with E-state index in [0.717, 1.165) is 3.57 Å². The number of carbonyl (C=O) groups is 1. The van der Waals surface area contributed by atoms with Gasteiger partial charge in [0.1, 0.15) is 10.6 Å². The molecule has 0 aliphatic heterocycles. The summed E-state index contributed by atoms with van der Waals surface area (Å²) in [6, 6.07) is 4.03. The van der Waals surface area contributed by atoms with Crippen molar-refractivity contribution in [1.82, 2.24) is 9.78 Å². The molecule has 0 unspecified atom stereocenters. The lowest BCUT2D eigenvalue weighted by atomic mass is 10.0. The summed E-state index contributed by atoms with van der Waals surface area (Å²) in [5, 5.41) is 17.5. The van der Waals surface area contributed by atoms with E-state index in [2.05, 4.69) is 33.0 Å². The Labute approximate surface area is 144 Å². The highest BCUT2D eigenvalue weighted by Gasteiger charge is 2.31. The number of anilines is 1. The van der Waals surface area contributed by atoms with Gasteiger partial charge in [-0.15, -0.1) is 0 Å². The summed E-state index contributed by atoms with van der Waals surface area (Å²) in [7, 11) is 0. The average Bonchev–Trinajstić information content (AvgIpc) is 2.85. The number of rotatable bonds is 4. The van der Waals surface area contributed by atoms with Gasteiger partial charge in [0.15, 0.2) is 0 Å². The molecule has 2 aromatic rings. The molecule has 1 amide bonds. The van der Waals surface area contributed by atoms with Crippen molar-refractivity contribution < 1.29 is 9.72 Å². The number of hydrogen-bond acceptors (Lipinski definition) is 4. The zero-order valence-electron chi connectivity index (χ0n) is 11.7. The molecular weight excluding hydrogens is 423 g/mol. The summed E-state index contributed by atoms with van der Waals surface area (Å²) in [6.45, 7) is 3.44. The Morgan fingerprint density at radius 3 is 2.68 bits per heavy atom. The fraction of sp³-hybridized carbons (Fsp3) is 0.231. The molecule has 1 aromatic carbocycles. The van der Waals surface area contributed by atoms with Crippen molar-refractivity contribution in [2.75, 3.05) is 5.32 Å². The molecule has 0 aliphatic rings. The van der Waals surface area contributed by atoms with Gasteiger partial charge in [0.25, 0.3) is 11.6 Å². The van der Waals surface area contributed by atoms with Crippen LogP contribution in [-0.2, 0) is 10.3 Å². The minimum atomic E-state index is -0.919. The molecule has 9 heteroatoms. The first-order chi connectivity index (χ1) is 10.2. The second-order valence-electron chi connectivity index (χ2n) is 5.04. The number of carbonyl (C=O) groups excluding carboxylic acids is 1. The van der Waals surface area contributed by atoms with Gasteiger partial charge in [0.05, 0.1) is 14.7 Å². The minimum absolute atomic E-state index is 0.0331. The molecule has 7 nitrogen and oxygen atoms in total. The van der Waals surface area contributed by atoms with Crippen molar-refractivity contribution in [3.63, 3.8) is 0 Å². The number of benzene rings is 1. The first-order valence-corrected chi connectivity index (χ1v) is 7.63. The zero-order valence-corrected chi connectivity index (χ0v) is 14.6. The Morgan fingerprint density at radius 1 is 1.50 bits per heavy atom. The van der Waals surface area contributed by atoms with Crippen LogP contribution in [0.5, 0.6) is 0 Å². The number of aromatic nitrogens is 2. The number of nitrogens with one attached hydrogen (secondary N) is 1. The van der Waals surface area contributed by atoms with Gasteiger partial charge in [-0.3, -0.25) is 19.6 Å². The summed E-state index contributed by atoms with van der Waals surface area (Å²) in [6.07, 6.45) is 3.40. The number of halogens is 2. The van der Waals surface area contributed by atoms with Crippen LogP contribution in [0.4, 0.5) is 11.4 Å². The third kappa shape index (κ3) is 3.38. The van der Waals surface area contributed by atoms with E-state index in [4.69, 9.17) is 11.6 Å². The van der Waals surface area contributed by atoms with Crippen molar-refractivity contribution in [2.24, 2.45) is 0 Å². The number of nitro benzene ring substituents is 1. The average molecular weight is 435 g/mol. The van der Waals surface area contributed by atoms with Crippen LogP contribution in [0.1, 0.15) is 13.8 Å². The van der Waals surface area contributed by atoms with E-state index in [9.17, 15) is 14.9 Å². The zero-order chi connectivity index (χ0) is 16.5. The molecule has 0 aliphatic carbocycles. The molecule has 0 saturated carbocycles. The van der Waals surface area contributed by atoms with Crippen LogP contribution in [-0.4, -0.2) is 20.6 Å². The highest BCUT2D eigenvalue weighted by Crippen LogP contribution is 2.28. The number of nitro groups is 1. The van der Waals surface area contributed by atoms with Crippen LogP contribution in [0.3, 0.4) is 0 Å². The molecule has 116 valence electrons. The van der Waals surface area contributed by atoms with Crippen LogP contribution in [0.2, 0.25) is 5.02 Å². The van der Waals surface area contributed by atoms with Gasteiger partial charge in [0.2, 0.25) is 0 Å². The smallest absolute Gasteiger partial charge is 0.288 e. The molecule has 22 heavy (non-hydrogen) atoms. The number of hydrogen-bond donors (Lipinski definition) is 1. The summed E-state index contributed by atoms with van der Waals surface area (Å²) in [4.78, 5) is 22.6. The maximum absolute atomic E-state index is 12.4. The van der Waals surface area contributed by atoms with Crippen molar-refractivity contribution in [2.45, 2.75) is 19.4 Å². The Balaban J connectivity index is 2.21. The molecule has 1 N–H and O–H groups in total. The fourth-order valence-electron chi connectivity index (χ4n) is 1.73. The van der Waals surface area contributed by atoms with E-state index in [0.29, 0.717) is 5.69 Å². The van der Waals surface area contributed by atoms with Gasteiger partial charge < -0.3 is 5.32 Å². The maximum Gasteiger partial charge on any atom is 0.288 e. The third-order valence-corrected chi connectivity index (χ3v) is 3.94. The van der Waals surface area contributed by atoms with E-state index >= 15 is 0 Å². The van der Waals surface area contributed by atoms with Gasteiger partial charge in [-0.2, -0.15) is 5.10 Å². The molecule has 0 radical (unpaired) electrons. The van der Waals surface area contributed by atoms with Gasteiger partial charge in [0, 0.05) is 18.0 Å². The van der Waals surface area contributed by atoms with E-state index < -0.39 is 10.5 Å². The lowest BCUT2D eigenvalue weighted by molar-refractivity contribution is -0.384. The molecule has 0 spiro atoms. The minimum Gasteiger partial charge on any atom is -0.324 e. The number of nitrogens with zero attached hydrogens (tertiary/aromatic N) is 3. The third-order valence-electron chi connectivity index (χ3n) is 3.08. The predicted molar refractivity (Wildman–Crippen MR) is 91.0 cm³/mol. The summed E-state index contributed by atoms with van der Waals surface area (Å²) >= 11 is 7.94. The summed E-state index contributed by atoms with van der Waals surface area (Å²) < 4.78 is 2.47. The van der Waals surface area contributed by atoms with Crippen molar-refractivity contribution in [3.05, 3.63) is 49.3 Å².